The van der Waals surface area contributed by atoms with E-state index < -0.39 is 21.8 Å². The van der Waals surface area contributed by atoms with E-state index in [2.05, 4.69) is 29.9 Å². The Balaban J connectivity index is -0.000000291. The molecule has 0 aromatic carbocycles. The molecule has 0 amide bonds. The molecule has 0 unspecified atom stereocenters. The molecular weight excluding hydrogens is 472 g/mol. The zero-order valence-electron chi connectivity index (χ0n) is 12.2. The average Bonchev–Trinajstić information content (AvgIpc) is 2.22. The van der Waals surface area contributed by atoms with Crippen LogP contribution in [-0.2, 0) is 10.4 Å². The number of aromatic amines is 2. The van der Waals surface area contributed by atoms with Gasteiger partial charge in [-0.2, -0.15) is 19.9 Å². The minimum Gasteiger partial charge on any atom is -0.759 e. The second-order valence-corrected chi connectivity index (χ2v) is 5.04. The second-order valence-electron chi connectivity index (χ2n) is 2.84. The van der Waals surface area contributed by atoms with E-state index in [0.717, 1.165) is 0 Å². The first-order valence-corrected chi connectivity index (χ1v) is 7.46. The molecule has 19 heteroatoms. The van der Waals surface area contributed by atoms with Gasteiger partial charge in [-0.05, 0) is 46.4 Å². The van der Waals surface area contributed by atoms with Crippen LogP contribution in [0.15, 0.2) is 9.59 Å². The van der Waals surface area contributed by atoms with E-state index in [-0.39, 0.29) is 80.2 Å². The Kier molecular flexibility index (Phi) is 17.8. The van der Waals surface area contributed by atoms with Crippen molar-refractivity contribution < 1.29 is 76.6 Å². The molecule has 0 fully saturated rings. The first-order valence-electron chi connectivity index (χ1n) is 4.62. The van der Waals surface area contributed by atoms with Crippen LogP contribution in [-0.4, -0.2) is 47.4 Å². The molecule has 12 nitrogen and oxygen atoms in total. The van der Waals surface area contributed by atoms with Crippen LogP contribution in [0.1, 0.15) is 0 Å². The Hall–Kier alpha value is 0.650. The summed E-state index contributed by atoms with van der Waals surface area (Å²) in [5.74, 6) is 0. The van der Waals surface area contributed by atoms with Crippen LogP contribution in [0.4, 0.5) is 0 Å². The van der Waals surface area contributed by atoms with Gasteiger partial charge in [0, 0.05) is 10.4 Å². The fourth-order valence-electron chi connectivity index (χ4n) is 0.668. The van der Waals surface area contributed by atoms with Crippen LogP contribution in [0.2, 0.25) is 21.1 Å². The van der Waals surface area contributed by atoms with Crippen LogP contribution in [0, 0.1) is 0 Å². The van der Waals surface area contributed by atoms with Crippen molar-refractivity contribution in [3.63, 3.8) is 0 Å². The summed E-state index contributed by atoms with van der Waals surface area (Å²) in [6, 6.07) is 0. The molecule has 2 heterocycles. The van der Waals surface area contributed by atoms with Crippen molar-refractivity contribution in [3.8, 4) is 0 Å². The summed E-state index contributed by atoms with van der Waals surface area (Å²) in [6.45, 7) is 0. The Morgan fingerprint density at radius 2 is 0.960 bits per heavy atom. The van der Waals surface area contributed by atoms with E-state index in [9.17, 15) is 9.59 Å². The molecule has 0 radical (unpaired) electrons. The zero-order chi connectivity index (χ0) is 18.2. The Morgan fingerprint density at radius 3 is 1.12 bits per heavy atom. The number of halogens is 4. The smallest absolute Gasteiger partial charge is 0.759 e. The van der Waals surface area contributed by atoms with Gasteiger partial charge in [0.15, 0.2) is 0 Å². The van der Waals surface area contributed by atoms with Gasteiger partial charge in [-0.15, -0.1) is 0 Å². The molecule has 2 aromatic rings. The van der Waals surface area contributed by atoms with Gasteiger partial charge in [-0.3, -0.25) is 18.4 Å². The predicted octanol–water partition coefficient (Wildman–Crippen LogP) is -6.39. The van der Waals surface area contributed by atoms with Crippen molar-refractivity contribution in [1.29, 1.82) is 0 Å². The van der Waals surface area contributed by atoms with E-state index in [1.54, 1.807) is 0 Å². The van der Waals surface area contributed by atoms with Gasteiger partial charge in [-0.1, -0.05) is 0 Å². The number of hydrogen-bond acceptors (Lipinski definition) is 10. The molecule has 25 heavy (non-hydrogen) atoms. The van der Waals surface area contributed by atoms with E-state index in [1.807, 2.05) is 0 Å². The van der Waals surface area contributed by atoms with Crippen LogP contribution in [0.5, 0.6) is 0 Å². The van der Waals surface area contributed by atoms with Gasteiger partial charge in [0.2, 0.25) is 21.1 Å². The van der Waals surface area contributed by atoms with E-state index >= 15 is 0 Å². The van der Waals surface area contributed by atoms with Crippen LogP contribution in [0.25, 0.3) is 0 Å². The van der Waals surface area contributed by atoms with Crippen molar-refractivity contribution in [2.45, 2.75) is 0 Å². The van der Waals surface area contributed by atoms with Crippen molar-refractivity contribution in [3.05, 3.63) is 42.1 Å². The maximum atomic E-state index is 10.3. The van der Waals surface area contributed by atoms with Gasteiger partial charge in [0.25, 0.3) is 0 Å². The molecule has 0 spiro atoms. The maximum Gasteiger partial charge on any atom is 1.00 e. The predicted molar refractivity (Wildman–Crippen MR) is 75.8 cm³/mol. The summed E-state index contributed by atoms with van der Waals surface area (Å²) < 4.78 is 34.1. The van der Waals surface area contributed by atoms with Crippen molar-refractivity contribution >= 4 is 56.8 Å². The number of nitrogens with zero attached hydrogens (tertiary/aromatic N) is 4. The Bertz CT molecular complexity index is 766. The van der Waals surface area contributed by atoms with Crippen molar-refractivity contribution in [2.24, 2.45) is 0 Å². The largest absolute Gasteiger partial charge is 1.00 e. The molecule has 2 aromatic heterocycles. The van der Waals surface area contributed by atoms with Crippen molar-refractivity contribution in [2.75, 3.05) is 0 Å². The Morgan fingerprint density at radius 1 is 0.720 bits per heavy atom. The van der Waals surface area contributed by atoms with Gasteiger partial charge >= 0.3 is 70.5 Å². The average molecular weight is 474 g/mol. The summed E-state index contributed by atoms with van der Waals surface area (Å²) in [5, 5.41) is -0.410. The maximum absolute atomic E-state index is 10.3. The van der Waals surface area contributed by atoms with Gasteiger partial charge in [0.05, 0.1) is 0 Å². The number of nitrogens with one attached hydrogen (secondary N) is 2. The van der Waals surface area contributed by atoms with Gasteiger partial charge < -0.3 is 9.11 Å². The molecule has 0 aliphatic heterocycles. The number of hydrogen-bond donors (Lipinski definition) is 2. The quantitative estimate of drug-likeness (QED) is 0.210. The van der Waals surface area contributed by atoms with Crippen LogP contribution in [0.3, 0.4) is 0 Å². The molecule has 0 saturated carbocycles. The molecule has 2 rings (SSSR count). The fraction of sp³-hybridized carbons (Fsp3) is 0. The van der Waals surface area contributed by atoms with E-state index in [1.165, 1.54) is 0 Å². The van der Waals surface area contributed by atoms with Gasteiger partial charge in [0.1, 0.15) is 0 Å². The first-order chi connectivity index (χ1) is 10.4. The summed E-state index contributed by atoms with van der Waals surface area (Å²) in [7, 11) is -5.17. The normalized spacial score (nSPS) is 9.20. The molecule has 0 bridgehead atoms. The summed E-state index contributed by atoms with van der Waals surface area (Å²) in [4.78, 5) is 38.1. The molecule has 0 aliphatic carbocycles. The Labute approximate surface area is 203 Å². The number of rotatable bonds is 0. The third kappa shape index (κ3) is 20.8. The fourth-order valence-corrected chi connectivity index (χ4v) is 1.40. The summed E-state index contributed by atoms with van der Waals surface area (Å²) in [5.41, 5.74) is -1.19. The molecule has 0 aliphatic rings. The van der Waals surface area contributed by atoms with Crippen LogP contribution >= 0.6 is 46.4 Å². The molecule has 2 N–H and O–H groups in total. The third-order valence-corrected chi connectivity index (χ3v) is 1.88. The second kappa shape index (κ2) is 14.7. The molecule has 128 valence electrons. The summed E-state index contributed by atoms with van der Waals surface area (Å²) >= 11 is 21.0. The first kappa shape index (κ1) is 30.4. The van der Waals surface area contributed by atoms with Gasteiger partial charge in [-0.25, -0.2) is 9.59 Å². The number of aromatic nitrogens is 6. The standard InChI is InChI=1S/2C3HCl2N3O.2Na.H2O4S/c2*4-1-6-2(5)8-3(9)7-1;;;1-5(2,3)4/h2*(H,6,7,8,9);;;(H2,1,2,3,4)/q;;2*+1;/p-2. The third-order valence-electron chi connectivity index (χ3n) is 1.19. The van der Waals surface area contributed by atoms with Crippen LogP contribution < -0.4 is 70.5 Å². The monoisotopic (exact) mass is 472 g/mol. The topological polar surface area (TPSA) is 198 Å². The minimum absolute atomic E-state index is 0. The molecule has 0 saturated heterocycles. The SMILES string of the molecule is O=S(=O)([O-])[O-].O=c1nc(Cl)nc(Cl)[nH]1.O=c1nc(Cl)nc(Cl)[nH]1.[Na+].[Na+]. The number of H-pyrrole nitrogens is 2. The minimum atomic E-state index is -5.17. The molecule has 0 atom stereocenters. The zero-order valence-corrected chi connectivity index (χ0v) is 20.0. The van der Waals surface area contributed by atoms with Crippen molar-refractivity contribution in [1.82, 2.24) is 29.9 Å². The van der Waals surface area contributed by atoms with E-state index in [0.29, 0.717) is 0 Å². The van der Waals surface area contributed by atoms with E-state index in [4.69, 9.17) is 63.9 Å². The summed E-state index contributed by atoms with van der Waals surface area (Å²) in [6.07, 6.45) is 0. The molecular formula is C6H2Cl4N6Na2O6S.